The van der Waals surface area contributed by atoms with Crippen LogP contribution < -0.4 is 4.74 Å². The number of aromatic nitrogens is 1. The third-order valence-electron chi connectivity index (χ3n) is 4.17. The number of ether oxygens (including phenoxy) is 1. The highest BCUT2D eigenvalue weighted by Crippen LogP contribution is 2.24. The van der Waals surface area contributed by atoms with Crippen LogP contribution in [0.2, 0.25) is 0 Å². The standard InChI is InChI=1S/C18H22N2O2/c1-15-16(6-5-10-19-15)12-20-11-9-18(21,13-20)14-22-17-7-3-2-4-8-17/h2-8,10,21H,9,11-14H2,1H3/t18-/m0/s1. The summed E-state index contributed by atoms with van der Waals surface area (Å²) in [5, 5.41) is 10.7. The fourth-order valence-corrected chi connectivity index (χ4v) is 2.85. The Bertz CT molecular complexity index is 617. The minimum absolute atomic E-state index is 0.333. The number of nitrogens with zero attached hydrogens (tertiary/aromatic N) is 2. The molecular formula is C18H22N2O2. The molecule has 0 spiro atoms. The van der Waals surface area contributed by atoms with Crippen molar-refractivity contribution >= 4 is 0 Å². The molecule has 1 aliphatic heterocycles. The van der Waals surface area contributed by atoms with Gasteiger partial charge in [0.1, 0.15) is 18.0 Å². The monoisotopic (exact) mass is 298 g/mol. The minimum atomic E-state index is -0.772. The number of likely N-dealkylation sites (tertiary alicyclic amines) is 1. The van der Waals surface area contributed by atoms with Crippen molar-refractivity contribution in [3.05, 3.63) is 59.9 Å². The Hall–Kier alpha value is -1.91. The maximum absolute atomic E-state index is 10.7. The van der Waals surface area contributed by atoms with E-state index in [2.05, 4.69) is 16.0 Å². The first-order chi connectivity index (χ1) is 10.6. The molecule has 0 amide bonds. The molecule has 116 valence electrons. The van der Waals surface area contributed by atoms with E-state index in [1.54, 1.807) is 0 Å². The van der Waals surface area contributed by atoms with Crippen molar-refractivity contribution in [1.29, 1.82) is 0 Å². The summed E-state index contributed by atoms with van der Waals surface area (Å²) >= 11 is 0. The first kappa shape index (κ1) is 15.0. The van der Waals surface area contributed by atoms with Crippen LogP contribution in [0.3, 0.4) is 0 Å². The van der Waals surface area contributed by atoms with Crippen LogP contribution in [0.1, 0.15) is 17.7 Å². The van der Waals surface area contributed by atoms with Gasteiger partial charge in [-0.2, -0.15) is 0 Å². The Morgan fingerprint density at radius 2 is 2.05 bits per heavy atom. The van der Waals surface area contributed by atoms with E-state index in [1.165, 1.54) is 5.56 Å². The fraction of sp³-hybridized carbons (Fsp3) is 0.389. The molecule has 22 heavy (non-hydrogen) atoms. The summed E-state index contributed by atoms with van der Waals surface area (Å²) < 4.78 is 5.73. The number of β-amino-alcohol motifs (C(OH)–C–C–N with tert-alkyl or cyclic N) is 1. The number of pyridine rings is 1. The fourth-order valence-electron chi connectivity index (χ4n) is 2.85. The second kappa shape index (κ2) is 6.46. The van der Waals surface area contributed by atoms with Crippen molar-refractivity contribution in [2.45, 2.75) is 25.5 Å². The molecule has 1 aromatic heterocycles. The second-order valence-electron chi connectivity index (χ2n) is 6.03. The lowest BCUT2D eigenvalue weighted by Crippen LogP contribution is -2.39. The van der Waals surface area contributed by atoms with Gasteiger partial charge in [-0.25, -0.2) is 0 Å². The van der Waals surface area contributed by atoms with Crippen LogP contribution >= 0.6 is 0 Å². The summed E-state index contributed by atoms with van der Waals surface area (Å²) in [4.78, 5) is 6.58. The third-order valence-corrected chi connectivity index (χ3v) is 4.17. The quantitative estimate of drug-likeness (QED) is 0.921. The molecule has 0 bridgehead atoms. The van der Waals surface area contributed by atoms with Crippen LogP contribution in [0.4, 0.5) is 0 Å². The summed E-state index contributed by atoms with van der Waals surface area (Å²) in [6.07, 6.45) is 2.55. The minimum Gasteiger partial charge on any atom is -0.491 e. The van der Waals surface area contributed by atoms with Crippen LogP contribution in [0.15, 0.2) is 48.7 Å². The average Bonchev–Trinajstić information content (AvgIpc) is 2.90. The Morgan fingerprint density at radius 3 is 2.82 bits per heavy atom. The molecule has 1 atom stereocenters. The maximum atomic E-state index is 10.7. The molecule has 0 unspecified atom stereocenters. The van der Waals surface area contributed by atoms with Crippen molar-refractivity contribution < 1.29 is 9.84 Å². The van der Waals surface area contributed by atoms with Crippen LogP contribution in [0, 0.1) is 6.92 Å². The predicted octanol–water partition coefficient (Wildman–Crippen LogP) is 2.41. The molecule has 4 nitrogen and oxygen atoms in total. The van der Waals surface area contributed by atoms with Crippen molar-refractivity contribution in [2.24, 2.45) is 0 Å². The van der Waals surface area contributed by atoms with Gasteiger partial charge in [-0.1, -0.05) is 24.3 Å². The topological polar surface area (TPSA) is 45.6 Å². The number of hydrogen-bond donors (Lipinski definition) is 1. The Labute approximate surface area is 131 Å². The maximum Gasteiger partial charge on any atom is 0.119 e. The van der Waals surface area contributed by atoms with E-state index in [0.717, 1.165) is 31.0 Å². The lowest BCUT2D eigenvalue weighted by atomic mass is 10.1. The first-order valence-corrected chi connectivity index (χ1v) is 7.68. The second-order valence-corrected chi connectivity index (χ2v) is 6.03. The van der Waals surface area contributed by atoms with Crippen molar-refractivity contribution in [2.75, 3.05) is 19.7 Å². The van der Waals surface area contributed by atoms with E-state index in [1.807, 2.05) is 49.5 Å². The predicted molar refractivity (Wildman–Crippen MR) is 85.8 cm³/mol. The highest BCUT2D eigenvalue weighted by Gasteiger charge is 2.36. The van der Waals surface area contributed by atoms with E-state index in [0.29, 0.717) is 13.2 Å². The zero-order valence-electron chi connectivity index (χ0n) is 12.9. The van der Waals surface area contributed by atoms with Gasteiger partial charge in [0.25, 0.3) is 0 Å². The zero-order valence-corrected chi connectivity index (χ0v) is 12.9. The molecule has 0 saturated carbocycles. The number of benzene rings is 1. The van der Waals surface area contributed by atoms with Gasteiger partial charge in [0.15, 0.2) is 0 Å². The number of aliphatic hydroxyl groups is 1. The van der Waals surface area contributed by atoms with Gasteiger partial charge in [0.05, 0.1) is 0 Å². The van der Waals surface area contributed by atoms with Crippen LogP contribution in [-0.4, -0.2) is 40.3 Å². The zero-order chi connectivity index (χ0) is 15.4. The molecule has 4 heteroatoms. The van der Waals surface area contributed by atoms with Crippen LogP contribution in [0.5, 0.6) is 5.75 Å². The number of rotatable bonds is 5. The van der Waals surface area contributed by atoms with E-state index in [4.69, 9.17) is 4.74 Å². The van der Waals surface area contributed by atoms with Gasteiger partial charge in [-0.05, 0) is 37.1 Å². The van der Waals surface area contributed by atoms with Crippen LogP contribution in [0.25, 0.3) is 0 Å². The van der Waals surface area contributed by atoms with Gasteiger partial charge in [0.2, 0.25) is 0 Å². The van der Waals surface area contributed by atoms with E-state index >= 15 is 0 Å². The van der Waals surface area contributed by atoms with E-state index < -0.39 is 5.60 Å². The smallest absolute Gasteiger partial charge is 0.119 e. The number of aryl methyl sites for hydroxylation is 1. The van der Waals surface area contributed by atoms with Gasteiger partial charge in [-0.3, -0.25) is 9.88 Å². The Kier molecular flexibility index (Phi) is 4.41. The van der Waals surface area contributed by atoms with E-state index in [-0.39, 0.29) is 0 Å². The summed E-state index contributed by atoms with van der Waals surface area (Å²) in [5.74, 6) is 0.803. The molecule has 2 aromatic rings. The molecule has 1 N–H and O–H groups in total. The third kappa shape index (κ3) is 3.64. The summed E-state index contributed by atoms with van der Waals surface area (Å²) in [5.41, 5.74) is 1.50. The van der Waals surface area contributed by atoms with Crippen molar-refractivity contribution in [1.82, 2.24) is 9.88 Å². The molecule has 0 aliphatic carbocycles. The largest absolute Gasteiger partial charge is 0.491 e. The molecule has 1 aromatic carbocycles. The molecule has 3 rings (SSSR count). The molecular weight excluding hydrogens is 276 g/mol. The highest BCUT2D eigenvalue weighted by molar-refractivity contribution is 5.21. The van der Waals surface area contributed by atoms with Gasteiger partial charge in [-0.15, -0.1) is 0 Å². The highest BCUT2D eigenvalue weighted by atomic mass is 16.5. The molecule has 2 heterocycles. The molecule has 1 saturated heterocycles. The molecule has 0 radical (unpaired) electrons. The molecule has 1 fully saturated rings. The normalized spacial score (nSPS) is 21.9. The van der Waals surface area contributed by atoms with Gasteiger partial charge in [0, 0.05) is 31.5 Å². The SMILES string of the molecule is Cc1ncccc1CN1CC[C@@](O)(COc2ccccc2)C1. The first-order valence-electron chi connectivity index (χ1n) is 7.68. The average molecular weight is 298 g/mol. The summed E-state index contributed by atoms with van der Waals surface area (Å²) in [6, 6.07) is 13.7. The van der Waals surface area contributed by atoms with Gasteiger partial charge < -0.3 is 9.84 Å². The lowest BCUT2D eigenvalue weighted by molar-refractivity contribution is 0.00336. The molecule has 1 aliphatic rings. The Balaban J connectivity index is 1.56. The Morgan fingerprint density at radius 1 is 1.23 bits per heavy atom. The summed E-state index contributed by atoms with van der Waals surface area (Å²) in [6.45, 7) is 4.69. The van der Waals surface area contributed by atoms with Gasteiger partial charge >= 0.3 is 0 Å². The lowest BCUT2D eigenvalue weighted by Gasteiger charge is -2.24. The van der Waals surface area contributed by atoms with Crippen LogP contribution in [-0.2, 0) is 6.54 Å². The number of para-hydroxylation sites is 1. The van der Waals surface area contributed by atoms with Crippen molar-refractivity contribution in [3.8, 4) is 5.75 Å². The number of hydrogen-bond acceptors (Lipinski definition) is 4. The van der Waals surface area contributed by atoms with Crippen molar-refractivity contribution in [3.63, 3.8) is 0 Å². The van der Waals surface area contributed by atoms with E-state index in [9.17, 15) is 5.11 Å². The summed E-state index contributed by atoms with van der Waals surface area (Å²) in [7, 11) is 0.